The van der Waals surface area contributed by atoms with E-state index in [0.717, 1.165) is 39.2 Å². The van der Waals surface area contributed by atoms with Crippen LogP contribution in [0.25, 0.3) is 0 Å². The fraction of sp³-hybridized carbons (Fsp3) is 0.857. The van der Waals surface area contributed by atoms with E-state index < -0.39 is 0 Å². The minimum Gasteiger partial charge on any atom is -0.380 e. The van der Waals surface area contributed by atoms with Crippen LogP contribution in [0.15, 0.2) is 12.7 Å². The number of hydrogen-bond acceptors (Lipinski definition) is 3. The summed E-state index contributed by atoms with van der Waals surface area (Å²) in [6, 6.07) is 0.632. The minimum absolute atomic E-state index is 0.250. The Morgan fingerprint density at radius 1 is 1.41 bits per heavy atom. The molecule has 1 N–H and O–H groups in total. The number of rotatable bonds is 7. The highest BCUT2D eigenvalue weighted by atomic mass is 16.5. The molecule has 1 heterocycles. The van der Waals surface area contributed by atoms with Crippen LogP contribution in [0.4, 0.5) is 0 Å². The van der Waals surface area contributed by atoms with Crippen molar-refractivity contribution in [3.05, 3.63) is 12.7 Å². The molecule has 0 aromatic carbocycles. The van der Waals surface area contributed by atoms with E-state index in [0.29, 0.717) is 6.04 Å². The van der Waals surface area contributed by atoms with Crippen LogP contribution in [0.5, 0.6) is 0 Å². The van der Waals surface area contributed by atoms with E-state index in [1.54, 1.807) is 0 Å². The topological polar surface area (TPSA) is 30.5 Å². The van der Waals surface area contributed by atoms with Crippen LogP contribution in [0.3, 0.4) is 0 Å². The van der Waals surface area contributed by atoms with Crippen LogP contribution >= 0.6 is 0 Å². The van der Waals surface area contributed by atoms with E-state index >= 15 is 0 Å². The molecule has 2 fully saturated rings. The van der Waals surface area contributed by atoms with Crippen molar-refractivity contribution in [3.8, 4) is 0 Å². The predicted octanol–water partition coefficient (Wildman–Crippen LogP) is 2.27. The van der Waals surface area contributed by atoms with Crippen molar-refractivity contribution in [1.82, 2.24) is 5.32 Å². The Labute approximate surface area is 105 Å². The van der Waals surface area contributed by atoms with Gasteiger partial charge in [-0.2, -0.15) is 0 Å². The molecule has 1 atom stereocenters. The Balaban J connectivity index is 1.54. The lowest BCUT2D eigenvalue weighted by atomic mass is 9.74. The standard InChI is InChI=1S/C14H25NO2/c1-2-3-9-16-11-8-15-13-5-10-17-14(12-13)6-4-7-14/h2,13,15H,1,3-12H2. The summed E-state index contributed by atoms with van der Waals surface area (Å²) in [6.45, 7) is 7.15. The number of ether oxygens (including phenoxy) is 2. The van der Waals surface area contributed by atoms with Gasteiger partial charge in [0.1, 0.15) is 0 Å². The SMILES string of the molecule is C=CCCOCCNC1CCOC2(CCC2)C1. The summed E-state index contributed by atoms with van der Waals surface area (Å²) in [5.41, 5.74) is 0.250. The smallest absolute Gasteiger partial charge is 0.0697 e. The van der Waals surface area contributed by atoms with Crippen molar-refractivity contribution in [3.63, 3.8) is 0 Å². The summed E-state index contributed by atoms with van der Waals surface area (Å²) in [5, 5.41) is 3.59. The molecule has 0 aromatic heterocycles. The molecular weight excluding hydrogens is 214 g/mol. The van der Waals surface area contributed by atoms with Gasteiger partial charge in [-0.25, -0.2) is 0 Å². The van der Waals surface area contributed by atoms with Crippen LogP contribution in [0, 0.1) is 0 Å². The normalized spacial score (nSPS) is 26.7. The third-order valence-corrected chi connectivity index (χ3v) is 3.90. The third kappa shape index (κ3) is 3.80. The first kappa shape index (κ1) is 13.1. The van der Waals surface area contributed by atoms with Gasteiger partial charge >= 0.3 is 0 Å². The molecule has 0 aromatic rings. The van der Waals surface area contributed by atoms with Crippen LogP contribution < -0.4 is 5.32 Å². The van der Waals surface area contributed by atoms with Crippen molar-refractivity contribution in [2.24, 2.45) is 0 Å². The maximum Gasteiger partial charge on any atom is 0.0697 e. The zero-order valence-corrected chi connectivity index (χ0v) is 10.7. The molecule has 3 nitrogen and oxygen atoms in total. The predicted molar refractivity (Wildman–Crippen MR) is 69.2 cm³/mol. The first-order chi connectivity index (χ1) is 8.35. The molecule has 2 aliphatic rings. The molecule has 0 amide bonds. The highest BCUT2D eigenvalue weighted by Gasteiger charge is 2.42. The minimum atomic E-state index is 0.250. The van der Waals surface area contributed by atoms with E-state index in [1.165, 1.54) is 25.7 Å². The molecule has 17 heavy (non-hydrogen) atoms. The van der Waals surface area contributed by atoms with E-state index in [-0.39, 0.29) is 5.60 Å². The molecule has 0 bridgehead atoms. The number of nitrogens with one attached hydrogen (secondary N) is 1. The van der Waals surface area contributed by atoms with Gasteiger partial charge in [-0.3, -0.25) is 0 Å². The Hall–Kier alpha value is -0.380. The zero-order chi connectivity index (χ0) is 12.0. The molecule has 1 aliphatic carbocycles. The van der Waals surface area contributed by atoms with Crippen molar-refractivity contribution in [2.45, 2.75) is 50.2 Å². The lowest BCUT2D eigenvalue weighted by molar-refractivity contribution is -0.135. The van der Waals surface area contributed by atoms with Gasteiger partial charge in [-0.15, -0.1) is 6.58 Å². The second-order valence-corrected chi connectivity index (χ2v) is 5.22. The van der Waals surface area contributed by atoms with E-state index in [1.807, 2.05) is 6.08 Å². The lowest BCUT2D eigenvalue weighted by Gasteiger charge is -2.47. The molecule has 98 valence electrons. The molecular formula is C14H25NO2. The molecule has 1 saturated carbocycles. The van der Waals surface area contributed by atoms with E-state index in [2.05, 4.69) is 11.9 Å². The van der Waals surface area contributed by atoms with Gasteiger partial charge in [-0.1, -0.05) is 6.08 Å². The van der Waals surface area contributed by atoms with Gasteiger partial charge in [0.25, 0.3) is 0 Å². The Morgan fingerprint density at radius 3 is 3.00 bits per heavy atom. The molecule has 1 aliphatic heterocycles. The van der Waals surface area contributed by atoms with Crippen molar-refractivity contribution in [1.29, 1.82) is 0 Å². The maximum atomic E-state index is 5.91. The largest absolute Gasteiger partial charge is 0.380 e. The van der Waals surface area contributed by atoms with Crippen LogP contribution in [0.2, 0.25) is 0 Å². The van der Waals surface area contributed by atoms with Crippen molar-refractivity contribution < 1.29 is 9.47 Å². The summed E-state index contributed by atoms with van der Waals surface area (Å²) in [7, 11) is 0. The van der Waals surface area contributed by atoms with Gasteiger partial charge in [0.15, 0.2) is 0 Å². The van der Waals surface area contributed by atoms with Crippen LogP contribution in [-0.4, -0.2) is 38.0 Å². The Morgan fingerprint density at radius 2 is 2.29 bits per heavy atom. The molecule has 1 spiro atoms. The fourth-order valence-corrected chi connectivity index (χ4v) is 2.73. The second kappa shape index (κ2) is 6.53. The summed E-state index contributed by atoms with van der Waals surface area (Å²) in [5.74, 6) is 0. The summed E-state index contributed by atoms with van der Waals surface area (Å²) in [4.78, 5) is 0. The van der Waals surface area contributed by atoms with Crippen molar-refractivity contribution >= 4 is 0 Å². The molecule has 1 unspecified atom stereocenters. The van der Waals surface area contributed by atoms with Crippen LogP contribution in [-0.2, 0) is 9.47 Å². The zero-order valence-electron chi connectivity index (χ0n) is 10.7. The van der Waals surface area contributed by atoms with E-state index in [9.17, 15) is 0 Å². The molecule has 1 saturated heterocycles. The summed E-state index contributed by atoms with van der Waals surface area (Å²) >= 11 is 0. The summed E-state index contributed by atoms with van der Waals surface area (Å²) in [6.07, 6.45) is 9.06. The van der Waals surface area contributed by atoms with Gasteiger partial charge in [0, 0.05) is 19.2 Å². The highest BCUT2D eigenvalue weighted by molar-refractivity contribution is 4.95. The van der Waals surface area contributed by atoms with Gasteiger partial charge in [0.2, 0.25) is 0 Å². The monoisotopic (exact) mass is 239 g/mol. The highest BCUT2D eigenvalue weighted by Crippen LogP contribution is 2.42. The van der Waals surface area contributed by atoms with Crippen LogP contribution in [0.1, 0.15) is 38.5 Å². The maximum absolute atomic E-state index is 5.91. The quantitative estimate of drug-likeness (QED) is 0.546. The first-order valence-corrected chi connectivity index (χ1v) is 6.91. The molecule has 3 heteroatoms. The van der Waals surface area contributed by atoms with Gasteiger partial charge < -0.3 is 14.8 Å². The second-order valence-electron chi connectivity index (χ2n) is 5.22. The lowest BCUT2D eigenvalue weighted by Crippen LogP contribution is -2.51. The van der Waals surface area contributed by atoms with Gasteiger partial charge in [-0.05, 0) is 38.5 Å². The first-order valence-electron chi connectivity index (χ1n) is 6.91. The fourth-order valence-electron chi connectivity index (χ4n) is 2.73. The number of hydrogen-bond donors (Lipinski definition) is 1. The third-order valence-electron chi connectivity index (χ3n) is 3.90. The van der Waals surface area contributed by atoms with Crippen molar-refractivity contribution in [2.75, 3.05) is 26.4 Å². The molecule has 2 rings (SSSR count). The summed E-state index contributed by atoms with van der Waals surface area (Å²) < 4.78 is 11.4. The Bertz CT molecular complexity index is 238. The van der Waals surface area contributed by atoms with Gasteiger partial charge in [0.05, 0.1) is 18.8 Å². The molecule has 0 radical (unpaired) electrons. The average molecular weight is 239 g/mol. The Kier molecular flexibility index (Phi) is 5.01. The van der Waals surface area contributed by atoms with E-state index in [4.69, 9.17) is 9.47 Å². The average Bonchev–Trinajstić information content (AvgIpc) is 2.32.